The van der Waals surface area contributed by atoms with Gasteiger partial charge < -0.3 is 5.11 Å². The van der Waals surface area contributed by atoms with Gasteiger partial charge in [-0.15, -0.1) is 0 Å². The molecule has 5 heteroatoms. The standard InChI is InChI=1S/C14H18BrN3O/c1-3-7-18-13(16-10-17-18)9-14(2,19)11-5-4-6-12(15)8-11/h4-6,8,10,19H,3,7,9H2,1-2H3. The van der Waals surface area contributed by atoms with Crippen molar-refractivity contribution in [2.75, 3.05) is 0 Å². The molecule has 19 heavy (non-hydrogen) atoms. The third-order valence-electron chi connectivity index (χ3n) is 3.08. The molecule has 0 saturated carbocycles. The van der Waals surface area contributed by atoms with E-state index in [4.69, 9.17) is 0 Å². The zero-order valence-electron chi connectivity index (χ0n) is 11.2. The van der Waals surface area contributed by atoms with Gasteiger partial charge in [-0.3, -0.25) is 0 Å². The molecule has 4 nitrogen and oxygen atoms in total. The second-order valence-electron chi connectivity index (χ2n) is 4.86. The average Bonchev–Trinajstić information content (AvgIpc) is 2.76. The Balaban J connectivity index is 2.23. The van der Waals surface area contributed by atoms with E-state index in [2.05, 4.69) is 32.9 Å². The van der Waals surface area contributed by atoms with E-state index in [0.717, 1.165) is 28.8 Å². The number of hydrogen-bond donors (Lipinski definition) is 1. The molecule has 1 N–H and O–H groups in total. The fraction of sp³-hybridized carbons (Fsp3) is 0.429. The molecule has 0 aliphatic rings. The molecule has 0 saturated heterocycles. The Labute approximate surface area is 121 Å². The van der Waals surface area contributed by atoms with Gasteiger partial charge in [0.25, 0.3) is 0 Å². The Morgan fingerprint density at radius 1 is 1.42 bits per heavy atom. The number of benzene rings is 1. The van der Waals surface area contributed by atoms with E-state index in [1.54, 1.807) is 13.3 Å². The van der Waals surface area contributed by atoms with Crippen LogP contribution in [0.3, 0.4) is 0 Å². The first-order valence-electron chi connectivity index (χ1n) is 6.38. The van der Waals surface area contributed by atoms with Gasteiger partial charge in [0.15, 0.2) is 0 Å². The molecule has 0 aliphatic carbocycles. The minimum Gasteiger partial charge on any atom is -0.385 e. The van der Waals surface area contributed by atoms with E-state index in [0.29, 0.717) is 6.42 Å². The molecule has 1 heterocycles. The Morgan fingerprint density at radius 2 is 2.21 bits per heavy atom. The minimum atomic E-state index is -0.956. The molecule has 0 fully saturated rings. The summed E-state index contributed by atoms with van der Waals surface area (Å²) >= 11 is 3.43. The molecule has 1 aromatic heterocycles. The summed E-state index contributed by atoms with van der Waals surface area (Å²) in [5.41, 5.74) is -0.0876. The van der Waals surface area contributed by atoms with Gasteiger partial charge in [0, 0.05) is 17.4 Å². The number of aromatic nitrogens is 3. The molecule has 0 bridgehead atoms. The van der Waals surface area contributed by atoms with Gasteiger partial charge in [0.2, 0.25) is 0 Å². The largest absolute Gasteiger partial charge is 0.385 e. The molecule has 102 valence electrons. The predicted molar refractivity (Wildman–Crippen MR) is 77.7 cm³/mol. The Hall–Kier alpha value is -1.20. The summed E-state index contributed by atoms with van der Waals surface area (Å²) in [6.07, 6.45) is 2.99. The van der Waals surface area contributed by atoms with Crippen LogP contribution in [0.4, 0.5) is 0 Å². The summed E-state index contributed by atoms with van der Waals surface area (Å²) in [5.74, 6) is 0.812. The van der Waals surface area contributed by atoms with E-state index in [-0.39, 0.29) is 0 Å². The van der Waals surface area contributed by atoms with Crippen LogP contribution in [0, 0.1) is 0 Å². The molecule has 2 aromatic rings. The fourth-order valence-electron chi connectivity index (χ4n) is 2.06. The molecular weight excluding hydrogens is 306 g/mol. The van der Waals surface area contributed by atoms with Gasteiger partial charge >= 0.3 is 0 Å². The second kappa shape index (κ2) is 5.84. The zero-order chi connectivity index (χ0) is 13.9. The maximum absolute atomic E-state index is 10.7. The van der Waals surface area contributed by atoms with Crippen molar-refractivity contribution < 1.29 is 5.11 Å². The summed E-state index contributed by atoms with van der Waals surface area (Å²) in [6.45, 7) is 4.72. The number of halogens is 1. The number of rotatable bonds is 5. The van der Waals surface area contributed by atoms with Crippen molar-refractivity contribution in [2.45, 2.75) is 38.8 Å². The lowest BCUT2D eigenvalue weighted by Crippen LogP contribution is -2.26. The molecule has 1 aromatic carbocycles. The van der Waals surface area contributed by atoms with E-state index >= 15 is 0 Å². The van der Waals surface area contributed by atoms with E-state index < -0.39 is 5.60 Å². The van der Waals surface area contributed by atoms with Crippen molar-refractivity contribution in [2.24, 2.45) is 0 Å². The van der Waals surface area contributed by atoms with Gasteiger partial charge in [-0.25, -0.2) is 9.67 Å². The van der Waals surface area contributed by atoms with Crippen molar-refractivity contribution in [3.8, 4) is 0 Å². The third kappa shape index (κ3) is 3.42. The number of hydrogen-bond acceptors (Lipinski definition) is 3. The highest BCUT2D eigenvalue weighted by atomic mass is 79.9. The second-order valence-corrected chi connectivity index (χ2v) is 5.78. The number of aryl methyl sites for hydroxylation is 1. The van der Waals surface area contributed by atoms with Crippen LogP contribution in [0.1, 0.15) is 31.7 Å². The van der Waals surface area contributed by atoms with Crippen LogP contribution in [-0.2, 0) is 18.6 Å². The van der Waals surface area contributed by atoms with Gasteiger partial charge in [0.05, 0.1) is 5.60 Å². The van der Waals surface area contributed by atoms with E-state index in [1.165, 1.54) is 0 Å². The molecule has 1 atom stereocenters. The molecule has 1 unspecified atom stereocenters. The van der Waals surface area contributed by atoms with Crippen LogP contribution < -0.4 is 0 Å². The van der Waals surface area contributed by atoms with E-state index in [9.17, 15) is 5.11 Å². The molecule has 0 amide bonds. The highest BCUT2D eigenvalue weighted by Gasteiger charge is 2.26. The SMILES string of the molecule is CCCn1ncnc1CC(C)(O)c1cccc(Br)c1. The van der Waals surface area contributed by atoms with Crippen LogP contribution >= 0.6 is 15.9 Å². The van der Waals surface area contributed by atoms with Crippen LogP contribution in [0.2, 0.25) is 0 Å². The van der Waals surface area contributed by atoms with Crippen molar-refractivity contribution in [1.82, 2.24) is 14.8 Å². The summed E-state index contributed by atoms with van der Waals surface area (Å²) in [6, 6.07) is 7.72. The lowest BCUT2D eigenvalue weighted by molar-refractivity contribution is 0.0541. The maximum Gasteiger partial charge on any atom is 0.138 e. The van der Waals surface area contributed by atoms with Crippen molar-refractivity contribution in [1.29, 1.82) is 0 Å². The molecular formula is C14H18BrN3O. The normalized spacial score (nSPS) is 14.3. The molecule has 0 aliphatic heterocycles. The lowest BCUT2D eigenvalue weighted by atomic mass is 9.92. The van der Waals surface area contributed by atoms with Crippen LogP contribution in [-0.4, -0.2) is 19.9 Å². The highest BCUT2D eigenvalue weighted by molar-refractivity contribution is 9.10. The monoisotopic (exact) mass is 323 g/mol. The highest BCUT2D eigenvalue weighted by Crippen LogP contribution is 2.26. The van der Waals surface area contributed by atoms with Gasteiger partial charge in [-0.2, -0.15) is 5.10 Å². The smallest absolute Gasteiger partial charge is 0.138 e. The quantitative estimate of drug-likeness (QED) is 0.920. The fourth-order valence-corrected chi connectivity index (χ4v) is 2.46. The molecule has 2 rings (SSSR count). The van der Waals surface area contributed by atoms with Crippen LogP contribution in [0.5, 0.6) is 0 Å². The Morgan fingerprint density at radius 3 is 2.89 bits per heavy atom. The van der Waals surface area contributed by atoms with Gasteiger partial charge in [-0.1, -0.05) is 35.0 Å². The number of nitrogens with zero attached hydrogens (tertiary/aromatic N) is 3. The predicted octanol–water partition coefficient (Wildman–Crippen LogP) is 2.90. The average molecular weight is 324 g/mol. The van der Waals surface area contributed by atoms with Crippen molar-refractivity contribution >= 4 is 15.9 Å². The first kappa shape index (κ1) is 14.2. The summed E-state index contributed by atoms with van der Waals surface area (Å²) in [5, 5.41) is 14.9. The van der Waals surface area contributed by atoms with Crippen LogP contribution in [0.15, 0.2) is 35.1 Å². The van der Waals surface area contributed by atoms with Crippen molar-refractivity contribution in [3.63, 3.8) is 0 Å². The van der Waals surface area contributed by atoms with Crippen molar-refractivity contribution in [3.05, 3.63) is 46.5 Å². The Bertz CT molecular complexity index is 551. The third-order valence-corrected chi connectivity index (χ3v) is 3.57. The first-order chi connectivity index (χ1) is 9.03. The summed E-state index contributed by atoms with van der Waals surface area (Å²) in [7, 11) is 0. The first-order valence-corrected chi connectivity index (χ1v) is 7.17. The summed E-state index contributed by atoms with van der Waals surface area (Å²) < 4.78 is 2.81. The minimum absolute atomic E-state index is 0.448. The lowest BCUT2D eigenvalue weighted by Gasteiger charge is -2.23. The van der Waals surface area contributed by atoms with Crippen LogP contribution in [0.25, 0.3) is 0 Å². The molecule has 0 radical (unpaired) electrons. The maximum atomic E-state index is 10.7. The number of aliphatic hydroxyl groups is 1. The Kier molecular flexibility index (Phi) is 4.37. The van der Waals surface area contributed by atoms with E-state index in [1.807, 2.05) is 28.9 Å². The van der Waals surface area contributed by atoms with Gasteiger partial charge in [0.1, 0.15) is 12.2 Å². The summed E-state index contributed by atoms with van der Waals surface area (Å²) in [4.78, 5) is 4.25. The zero-order valence-corrected chi connectivity index (χ0v) is 12.8. The molecule has 0 spiro atoms. The topological polar surface area (TPSA) is 50.9 Å². The van der Waals surface area contributed by atoms with Gasteiger partial charge in [-0.05, 0) is 31.0 Å².